The van der Waals surface area contributed by atoms with E-state index in [0.717, 1.165) is 24.5 Å². The van der Waals surface area contributed by atoms with Gasteiger partial charge in [-0.25, -0.2) is 0 Å². The molecule has 1 aromatic carbocycles. The molecule has 1 heterocycles. The standard InChI is InChI=1S/C13H18NO2/c1-2-15-11-7-3-4-8-12(11)16-13-9-5-6-10-14-13/h3-4,7-9,13-14H,2,5-6,10H2,1H3. The zero-order valence-corrected chi connectivity index (χ0v) is 9.61. The summed E-state index contributed by atoms with van der Waals surface area (Å²) in [6.45, 7) is 3.64. The lowest BCUT2D eigenvalue weighted by molar-refractivity contribution is 0.167. The summed E-state index contributed by atoms with van der Waals surface area (Å²) < 4.78 is 11.4. The van der Waals surface area contributed by atoms with Crippen molar-refractivity contribution in [3.8, 4) is 11.5 Å². The third-order valence-electron chi connectivity index (χ3n) is 2.51. The lowest BCUT2D eigenvalue weighted by Crippen LogP contribution is -2.39. The molecule has 0 spiro atoms. The van der Waals surface area contributed by atoms with E-state index in [0.29, 0.717) is 6.61 Å². The maximum atomic E-state index is 5.85. The summed E-state index contributed by atoms with van der Waals surface area (Å²) >= 11 is 0. The topological polar surface area (TPSA) is 30.5 Å². The number of nitrogens with one attached hydrogen (secondary N) is 1. The van der Waals surface area contributed by atoms with Crippen LogP contribution in [0.15, 0.2) is 24.3 Å². The molecule has 3 nitrogen and oxygen atoms in total. The predicted octanol–water partition coefficient (Wildman–Crippen LogP) is 2.38. The van der Waals surface area contributed by atoms with E-state index in [-0.39, 0.29) is 6.23 Å². The van der Waals surface area contributed by atoms with Gasteiger partial charge in [0.2, 0.25) is 0 Å². The van der Waals surface area contributed by atoms with Gasteiger partial charge < -0.3 is 9.47 Å². The Morgan fingerprint density at radius 1 is 1.31 bits per heavy atom. The Morgan fingerprint density at radius 3 is 2.81 bits per heavy atom. The molecule has 0 saturated carbocycles. The van der Waals surface area contributed by atoms with E-state index in [2.05, 4.69) is 11.7 Å². The van der Waals surface area contributed by atoms with E-state index in [9.17, 15) is 0 Å². The molecule has 0 amide bonds. The van der Waals surface area contributed by atoms with Gasteiger partial charge in [0, 0.05) is 6.42 Å². The molecular weight excluding hydrogens is 202 g/mol. The maximum Gasteiger partial charge on any atom is 0.163 e. The minimum Gasteiger partial charge on any atom is -0.490 e. The van der Waals surface area contributed by atoms with E-state index >= 15 is 0 Å². The highest BCUT2D eigenvalue weighted by molar-refractivity contribution is 5.39. The van der Waals surface area contributed by atoms with Gasteiger partial charge >= 0.3 is 0 Å². The first-order chi connectivity index (χ1) is 7.90. The lowest BCUT2D eigenvalue weighted by atomic mass is 10.1. The lowest BCUT2D eigenvalue weighted by Gasteiger charge is -2.25. The second-order valence-electron chi connectivity index (χ2n) is 3.75. The van der Waals surface area contributed by atoms with Crippen molar-refractivity contribution in [2.24, 2.45) is 0 Å². The molecule has 16 heavy (non-hydrogen) atoms. The monoisotopic (exact) mass is 220 g/mol. The van der Waals surface area contributed by atoms with Gasteiger partial charge in [-0.2, -0.15) is 0 Å². The minimum absolute atomic E-state index is 0.00959. The number of hydrogen-bond donors (Lipinski definition) is 1. The van der Waals surface area contributed by atoms with Crippen molar-refractivity contribution in [3.63, 3.8) is 0 Å². The molecule has 0 aromatic heterocycles. The SMILES string of the molecule is CCOc1ccccc1OC1[CH]CCCN1. The quantitative estimate of drug-likeness (QED) is 0.845. The Kier molecular flexibility index (Phi) is 4.05. The Balaban J connectivity index is 2.01. The maximum absolute atomic E-state index is 5.85. The largest absolute Gasteiger partial charge is 0.490 e. The van der Waals surface area contributed by atoms with Crippen molar-refractivity contribution in [3.05, 3.63) is 30.7 Å². The van der Waals surface area contributed by atoms with Crippen LogP contribution in [-0.4, -0.2) is 19.4 Å². The van der Waals surface area contributed by atoms with Crippen LogP contribution in [0.4, 0.5) is 0 Å². The predicted molar refractivity (Wildman–Crippen MR) is 63.6 cm³/mol. The molecule has 1 aliphatic rings. The van der Waals surface area contributed by atoms with Crippen molar-refractivity contribution in [2.75, 3.05) is 13.2 Å². The summed E-state index contributed by atoms with van der Waals surface area (Å²) in [4.78, 5) is 0. The van der Waals surface area contributed by atoms with Gasteiger partial charge in [0.05, 0.1) is 6.61 Å². The molecule has 0 aliphatic carbocycles. The molecule has 0 bridgehead atoms. The van der Waals surface area contributed by atoms with Gasteiger partial charge in [0.25, 0.3) is 0 Å². The van der Waals surface area contributed by atoms with E-state index in [4.69, 9.17) is 9.47 Å². The molecule has 1 radical (unpaired) electrons. The first-order valence-electron chi connectivity index (χ1n) is 5.85. The molecular formula is C13H18NO2. The first kappa shape index (κ1) is 11.3. The molecule has 1 N–H and O–H groups in total. The van der Waals surface area contributed by atoms with Crippen LogP contribution >= 0.6 is 0 Å². The summed E-state index contributed by atoms with van der Waals surface area (Å²) in [6, 6.07) is 7.79. The Bertz CT molecular complexity index is 321. The number of ether oxygens (including phenoxy) is 2. The smallest absolute Gasteiger partial charge is 0.163 e. The van der Waals surface area contributed by atoms with Crippen molar-refractivity contribution in [1.29, 1.82) is 0 Å². The average molecular weight is 220 g/mol. The highest BCUT2D eigenvalue weighted by Gasteiger charge is 2.15. The molecule has 1 saturated heterocycles. The fourth-order valence-corrected chi connectivity index (χ4v) is 1.75. The molecule has 3 heteroatoms. The van der Waals surface area contributed by atoms with Crippen LogP contribution in [0.1, 0.15) is 19.8 Å². The molecule has 1 unspecified atom stereocenters. The minimum atomic E-state index is 0.00959. The summed E-state index contributed by atoms with van der Waals surface area (Å²) in [5.74, 6) is 1.62. The van der Waals surface area contributed by atoms with E-state index in [1.165, 1.54) is 6.42 Å². The van der Waals surface area contributed by atoms with Crippen molar-refractivity contribution >= 4 is 0 Å². The average Bonchev–Trinajstić information content (AvgIpc) is 2.33. The summed E-state index contributed by atoms with van der Waals surface area (Å²) in [5.41, 5.74) is 0. The van der Waals surface area contributed by atoms with Crippen LogP contribution in [0, 0.1) is 6.42 Å². The third-order valence-corrected chi connectivity index (χ3v) is 2.51. The second-order valence-corrected chi connectivity index (χ2v) is 3.75. The van der Waals surface area contributed by atoms with Crippen molar-refractivity contribution in [2.45, 2.75) is 26.0 Å². The van der Waals surface area contributed by atoms with Gasteiger partial charge in [-0.15, -0.1) is 0 Å². The van der Waals surface area contributed by atoms with Gasteiger partial charge in [-0.05, 0) is 38.4 Å². The van der Waals surface area contributed by atoms with Crippen LogP contribution < -0.4 is 14.8 Å². The van der Waals surface area contributed by atoms with Crippen LogP contribution in [0.3, 0.4) is 0 Å². The number of para-hydroxylation sites is 2. The van der Waals surface area contributed by atoms with Crippen molar-refractivity contribution < 1.29 is 9.47 Å². The van der Waals surface area contributed by atoms with Crippen LogP contribution in [0.25, 0.3) is 0 Å². The highest BCUT2D eigenvalue weighted by Crippen LogP contribution is 2.27. The van der Waals surface area contributed by atoms with Crippen LogP contribution in [0.5, 0.6) is 11.5 Å². The first-order valence-corrected chi connectivity index (χ1v) is 5.85. The number of benzene rings is 1. The van der Waals surface area contributed by atoms with Crippen LogP contribution in [-0.2, 0) is 0 Å². The second kappa shape index (κ2) is 5.75. The number of rotatable bonds is 4. The van der Waals surface area contributed by atoms with Gasteiger partial charge in [-0.3, -0.25) is 5.32 Å². The normalized spacial score (nSPS) is 20.4. The number of piperidine rings is 1. The van der Waals surface area contributed by atoms with Gasteiger partial charge in [-0.1, -0.05) is 12.1 Å². The molecule has 2 rings (SSSR count). The van der Waals surface area contributed by atoms with E-state index in [1.807, 2.05) is 31.2 Å². The Hall–Kier alpha value is -1.22. The molecule has 1 aliphatic heterocycles. The number of hydrogen-bond acceptors (Lipinski definition) is 3. The van der Waals surface area contributed by atoms with Gasteiger partial charge in [0.15, 0.2) is 17.7 Å². The summed E-state index contributed by atoms with van der Waals surface area (Å²) in [7, 11) is 0. The van der Waals surface area contributed by atoms with Crippen molar-refractivity contribution in [1.82, 2.24) is 5.32 Å². The summed E-state index contributed by atoms with van der Waals surface area (Å²) in [5, 5.41) is 3.30. The zero-order valence-electron chi connectivity index (χ0n) is 9.61. The Morgan fingerprint density at radius 2 is 2.12 bits per heavy atom. The zero-order chi connectivity index (χ0) is 11.2. The van der Waals surface area contributed by atoms with Gasteiger partial charge in [0.1, 0.15) is 0 Å². The summed E-state index contributed by atoms with van der Waals surface area (Å²) in [6.07, 6.45) is 4.46. The highest BCUT2D eigenvalue weighted by atomic mass is 16.5. The Labute approximate surface area is 96.8 Å². The molecule has 1 fully saturated rings. The molecule has 1 aromatic rings. The fourth-order valence-electron chi connectivity index (χ4n) is 1.75. The third kappa shape index (κ3) is 2.89. The van der Waals surface area contributed by atoms with Crippen LogP contribution in [0.2, 0.25) is 0 Å². The molecule has 1 atom stereocenters. The van der Waals surface area contributed by atoms with E-state index in [1.54, 1.807) is 0 Å². The molecule has 87 valence electrons. The van der Waals surface area contributed by atoms with E-state index < -0.39 is 0 Å². The fraction of sp³-hybridized carbons (Fsp3) is 0.462.